The number of aryl methyl sites for hydroxylation is 1. The maximum absolute atomic E-state index is 15.5. The van der Waals surface area contributed by atoms with Gasteiger partial charge in [0.1, 0.15) is 17.6 Å². The number of pyridine rings is 2. The number of ether oxygens (including phenoxy) is 4. The predicted molar refractivity (Wildman–Crippen MR) is 153 cm³/mol. The van der Waals surface area contributed by atoms with Crippen molar-refractivity contribution in [3.63, 3.8) is 0 Å². The van der Waals surface area contributed by atoms with E-state index in [1.54, 1.807) is 6.07 Å². The monoisotopic (exact) mass is 625 g/mol. The summed E-state index contributed by atoms with van der Waals surface area (Å²) in [5.74, 6) is -1.98. The molecule has 2 N–H and O–H groups in total. The van der Waals surface area contributed by atoms with Crippen LogP contribution in [-0.2, 0) is 6.18 Å². The number of nitrogens with two attached hydrogens (primary N) is 1. The third-order valence-corrected chi connectivity index (χ3v) is 6.81. The first-order chi connectivity index (χ1) is 21.4. The maximum Gasteiger partial charge on any atom is 0.431 e. The van der Waals surface area contributed by atoms with Gasteiger partial charge in [-0.1, -0.05) is 6.07 Å². The number of carbonyl (C=O) groups is 1. The highest BCUT2D eigenvalue weighted by Gasteiger charge is 2.38. The highest BCUT2D eigenvalue weighted by Crippen LogP contribution is 2.38. The standard InChI is InChI=1S/C30H23F4N5O6/c1-14-7-25(44-4)36-12-20(14)39-24(30(32,33)34)10-16(26(27(35)40)29(39)41)15-5-6-21(18(31)8-15)45-28-17-9-22(42-2)23(43-3)11-19(17)37-13-38-28/h5-13H,1-4H3,(H2,35,40). The molecule has 5 aromatic rings. The summed E-state index contributed by atoms with van der Waals surface area (Å²) in [6, 6.07) is 8.07. The molecule has 1 amide bonds. The Kier molecular flexibility index (Phi) is 8.02. The molecular formula is C30H23F4N5O6. The molecule has 0 atom stereocenters. The molecule has 0 spiro atoms. The van der Waals surface area contributed by atoms with Crippen LogP contribution in [0.4, 0.5) is 17.6 Å². The van der Waals surface area contributed by atoms with Crippen LogP contribution in [0, 0.1) is 12.7 Å². The van der Waals surface area contributed by atoms with Crippen LogP contribution in [0.3, 0.4) is 0 Å². The molecule has 45 heavy (non-hydrogen) atoms. The number of methoxy groups -OCH3 is 3. The fourth-order valence-electron chi connectivity index (χ4n) is 4.69. The van der Waals surface area contributed by atoms with E-state index >= 15 is 4.39 Å². The lowest BCUT2D eigenvalue weighted by molar-refractivity contribution is -0.142. The van der Waals surface area contributed by atoms with Gasteiger partial charge in [-0.05, 0) is 42.3 Å². The van der Waals surface area contributed by atoms with Gasteiger partial charge in [0.15, 0.2) is 23.1 Å². The first-order valence-corrected chi connectivity index (χ1v) is 12.9. The van der Waals surface area contributed by atoms with E-state index < -0.39 is 40.3 Å². The number of carbonyl (C=O) groups excluding carboxylic acids is 1. The average Bonchev–Trinajstić information content (AvgIpc) is 3.00. The summed E-state index contributed by atoms with van der Waals surface area (Å²) in [5, 5.41) is 0.344. The number of primary amides is 1. The van der Waals surface area contributed by atoms with Crippen molar-refractivity contribution in [1.29, 1.82) is 0 Å². The van der Waals surface area contributed by atoms with Gasteiger partial charge in [0.25, 0.3) is 11.5 Å². The lowest BCUT2D eigenvalue weighted by Gasteiger charge is -2.20. The van der Waals surface area contributed by atoms with Crippen LogP contribution in [0.25, 0.3) is 27.7 Å². The van der Waals surface area contributed by atoms with Crippen molar-refractivity contribution in [2.45, 2.75) is 13.1 Å². The van der Waals surface area contributed by atoms with Crippen LogP contribution >= 0.6 is 0 Å². The number of hydrogen-bond acceptors (Lipinski definition) is 9. The van der Waals surface area contributed by atoms with Gasteiger partial charge >= 0.3 is 6.18 Å². The Balaban J connectivity index is 1.64. The Labute approximate surface area is 251 Å². The van der Waals surface area contributed by atoms with Crippen molar-refractivity contribution >= 4 is 16.8 Å². The number of amides is 1. The van der Waals surface area contributed by atoms with Gasteiger partial charge in [-0.3, -0.25) is 14.2 Å². The van der Waals surface area contributed by atoms with Gasteiger partial charge in [-0.25, -0.2) is 19.3 Å². The van der Waals surface area contributed by atoms with Gasteiger partial charge in [-0.15, -0.1) is 0 Å². The summed E-state index contributed by atoms with van der Waals surface area (Å²) in [7, 11) is 4.18. The first-order valence-electron chi connectivity index (χ1n) is 12.9. The van der Waals surface area contributed by atoms with Crippen LogP contribution in [-0.4, -0.2) is 46.8 Å². The Morgan fingerprint density at radius 3 is 2.22 bits per heavy atom. The topological polar surface area (TPSA) is 141 Å². The van der Waals surface area contributed by atoms with Crippen LogP contribution in [0.15, 0.2) is 59.8 Å². The molecule has 11 nitrogen and oxygen atoms in total. The molecule has 3 heterocycles. The van der Waals surface area contributed by atoms with Gasteiger partial charge in [0, 0.05) is 17.7 Å². The molecule has 0 unspecified atom stereocenters. The zero-order valence-corrected chi connectivity index (χ0v) is 24.0. The number of rotatable bonds is 8. The van der Waals surface area contributed by atoms with E-state index in [0.717, 1.165) is 18.3 Å². The van der Waals surface area contributed by atoms with E-state index in [4.69, 9.17) is 24.7 Å². The van der Waals surface area contributed by atoms with Crippen LogP contribution in [0.2, 0.25) is 0 Å². The summed E-state index contributed by atoms with van der Waals surface area (Å²) in [4.78, 5) is 38.2. The molecule has 5 rings (SSSR count). The van der Waals surface area contributed by atoms with E-state index in [9.17, 15) is 22.8 Å². The molecule has 0 saturated carbocycles. The molecule has 0 bridgehead atoms. The number of halogens is 4. The minimum absolute atomic E-state index is 0.0594. The molecule has 0 saturated heterocycles. The van der Waals surface area contributed by atoms with Crippen LogP contribution in [0.5, 0.6) is 29.0 Å². The molecular weight excluding hydrogens is 602 g/mol. The molecule has 232 valence electrons. The lowest BCUT2D eigenvalue weighted by Crippen LogP contribution is -2.34. The minimum Gasteiger partial charge on any atom is -0.493 e. The van der Waals surface area contributed by atoms with Crippen LogP contribution in [0.1, 0.15) is 21.6 Å². The quantitative estimate of drug-likeness (QED) is 0.230. The summed E-state index contributed by atoms with van der Waals surface area (Å²) in [5.41, 5.74) is 1.42. The predicted octanol–water partition coefficient (Wildman–Crippen LogP) is 5.23. The van der Waals surface area contributed by atoms with Gasteiger partial charge < -0.3 is 24.7 Å². The molecule has 2 aromatic carbocycles. The largest absolute Gasteiger partial charge is 0.493 e. The van der Waals surface area contributed by atoms with E-state index in [-0.39, 0.29) is 34.3 Å². The van der Waals surface area contributed by atoms with Crippen molar-refractivity contribution < 1.29 is 41.3 Å². The highest BCUT2D eigenvalue weighted by atomic mass is 19.4. The zero-order valence-electron chi connectivity index (χ0n) is 24.0. The van der Waals surface area contributed by atoms with Crippen molar-refractivity contribution in [1.82, 2.24) is 19.5 Å². The van der Waals surface area contributed by atoms with Gasteiger partial charge in [-0.2, -0.15) is 13.2 Å². The summed E-state index contributed by atoms with van der Waals surface area (Å²) >= 11 is 0. The Morgan fingerprint density at radius 1 is 0.911 bits per heavy atom. The number of fused-ring (bicyclic) bond motifs is 1. The molecule has 0 aliphatic rings. The first kappa shape index (κ1) is 30.7. The smallest absolute Gasteiger partial charge is 0.431 e. The highest BCUT2D eigenvalue weighted by molar-refractivity contribution is 5.99. The summed E-state index contributed by atoms with van der Waals surface area (Å²) in [6.45, 7) is 1.44. The number of aromatic nitrogens is 4. The SMILES string of the molecule is COc1cc(C)c(-n2c(C(F)(F)F)cc(-c3ccc(Oc4ncnc5cc(OC)c(OC)cc45)c(F)c3)c(C(N)=O)c2=O)cn1. The van der Waals surface area contributed by atoms with E-state index in [1.807, 2.05) is 0 Å². The number of alkyl halides is 3. The number of hydrogen-bond donors (Lipinski definition) is 1. The number of nitrogens with zero attached hydrogens (tertiary/aromatic N) is 4. The Morgan fingerprint density at radius 2 is 1.62 bits per heavy atom. The minimum atomic E-state index is -5.09. The lowest BCUT2D eigenvalue weighted by atomic mass is 9.98. The van der Waals surface area contributed by atoms with E-state index in [1.165, 1.54) is 52.8 Å². The second-order valence-corrected chi connectivity index (χ2v) is 9.48. The molecule has 0 aliphatic heterocycles. The molecule has 15 heteroatoms. The fourth-order valence-corrected chi connectivity index (χ4v) is 4.69. The molecule has 0 radical (unpaired) electrons. The summed E-state index contributed by atoms with van der Waals surface area (Å²) < 4.78 is 80.2. The Bertz CT molecular complexity index is 2030. The van der Waals surface area contributed by atoms with E-state index in [2.05, 4.69) is 15.0 Å². The van der Waals surface area contributed by atoms with E-state index in [0.29, 0.717) is 33.0 Å². The van der Waals surface area contributed by atoms with Crippen molar-refractivity contribution in [3.8, 4) is 45.8 Å². The average molecular weight is 626 g/mol. The number of benzene rings is 2. The Hall–Kier alpha value is -5.73. The van der Waals surface area contributed by atoms with Crippen molar-refractivity contribution in [3.05, 3.63) is 88.0 Å². The fraction of sp³-hybridized carbons (Fsp3) is 0.167. The zero-order chi connectivity index (χ0) is 32.6. The third kappa shape index (κ3) is 5.67. The maximum atomic E-state index is 15.5. The van der Waals surface area contributed by atoms with Gasteiger partial charge in [0.05, 0.1) is 44.1 Å². The van der Waals surface area contributed by atoms with Crippen molar-refractivity contribution in [2.75, 3.05) is 21.3 Å². The second-order valence-electron chi connectivity index (χ2n) is 9.48. The van der Waals surface area contributed by atoms with Crippen LogP contribution < -0.4 is 30.2 Å². The second kappa shape index (κ2) is 11.7. The molecule has 0 fully saturated rings. The summed E-state index contributed by atoms with van der Waals surface area (Å²) in [6.07, 6.45) is -2.90. The normalized spacial score (nSPS) is 11.4. The molecule has 0 aliphatic carbocycles. The third-order valence-electron chi connectivity index (χ3n) is 6.81. The molecule has 3 aromatic heterocycles. The van der Waals surface area contributed by atoms with Crippen molar-refractivity contribution in [2.24, 2.45) is 5.73 Å². The van der Waals surface area contributed by atoms with Gasteiger partial charge in [0.2, 0.25) is 11.8 Å².